The zero-order valence-corrected chi connectivity index (χ0v) is 15.3. The number of rotatable bonds is 4. The maximum atomic E-state index is 12.7. The molecular weight excluding hydrogens is 336 g/mol. The van der Waals surface area contributed by atoms with E-state index in [2.05, 4.69) is 40.5 Å². The van der Waals surface area contributed by atoms with Crippen LogP contribution in [-0.4, -0.2) is 28.9 Å². The van der Waals surface area contributed by atoms with Gasteiger partial charge in [-0.1, -0.05) is 36.4 Å². The molecule has 0 saturated carbocycles. The molecule has 2 saturated heterocycles. The molecule has 3 heterocycles. The molecule has 4 nitrogen and oxygen atoms in total. The van der Waals surface area contributed by atoms with E-state index in [1.165, 1.54) is 18.4 Å². The van der Waals surface area contributed by atoms with Crippen molar-refractivity contribution in [3.63, 3.8) is 0 Å². The second kappa shape index (κ2) is 6.86. The fourth-order valence-corrected chi connectivity index (χ4v) is 4.81. The van der Waals surface area contributed by atoms with Gasteiger partial charge >= 0.3 is 0 Å². The van der Waals surface area contributed by atoms with Crippen molar-refractivity contribution in [2.45, 2.75) is 50.4 Å². The Kier molecular flexibility index (Phi) is 4.21. The van der Waals surface area contributed by atoms with Gasteiger partial charge in [0.1, 0.15) is 5.58 Å². The number of nitrogens with one attached hydrogen (secondary N) is 1. The zero-order chi connectivity index (χ0) is 18.2. The lowest BCUT2D eigenvalue weighted by atomic mass is 9.96. The Morgan fingerprint density at radius 3 is 2.59 bits per heavy atom. The van der Waals surface area contributed by atoms with E-state index in [4.69, 9.17) is 4.42 Å². The van der Waals surface area contributed by atoms with E-state index in [0.29, 0.717) is 17.6 Å². The first-order valence-electron chi connectivity index (χ1n) is 9.84. The van der Waals surface area contributed by atoms with Crippen LogP contribution in [0.15, 0.2) is 65.3 Å². The highest BCUT2D eigenvalue weighted by Gasteiger charge is 2.40. The van der Waals surface area contributed by atoms with E-state index in [-0.39, 0.29) is 11.9 Å². The lowest BCUT2D eigenvalue weighted by molar-refractivity contribution is 0.0828. The molecule has 2 aliphatic rings. The number of fused-ring (bicyclic) bond motifs is 3. The molecule has 27 heavy (non-hydrogen) atoms. The van der Waals surface area contributed by atoms with Gasteiger partial charge in [-0.2, -0.15) is 0 Å². The Morgan fingerprint density at radius 1 is 1.04 bits per heavy atom. The Bertz CT molecular complexity index is 935. The highest BCUT2D eigenvalue weighted by molar-refractivity contribution is 5.97. The normalized spacial score (nSPS) is 25.0. The third-order valence-electron chi connectivity index (χ3n) is 6.15. The van der Waals surface area contributed by atoms with E-state index in [1.807, 2.05) is 24.3 Å². The smallest absolute Gasteiger partial charge is 0.251 e. The molecule has 0 spiro atoms. The van der Waals surface area contributed by atoms with Crippen LogP contribution < -0.4 is 5.32 Å². The van der Waals surface area contributed by atoms with Crippen LogP contribution in [0.25, 0.3) is 11.0 Å². The lowest BCUT2D eigenvalue weighted by Crippen LogP contribution is -2.49. The number of nitrogens with zero attached hydrogens (tertiary/aromatic N) is 1. The Hall–Kier alpha value is -2.59. The van der Waals surface area contributed by atoms with Crippen LogP contribution in [0, 0.1) is 0 Å². The van der Waals surface area contributed by atoms with Crippen LogP contribution in [0.5, 0.6) is 0 Å². The highest BCUT2D eigenvalue weighted by atomic mass is 16.3. The number of carbonyl (C=O) groups excluding carboxylic acids is 1. The average molecular weight is 360 g/mol. The summed E-state index contributed by atoms with van der Waals surface area (Å²) in [6, 6.07) is 19.7. The van der Waals surface area contributed by atoms with Gasteiger partial charge in [-0.15, -0.1) is 0 Å². The summed E-state index contributed by atoms with van der Waals surface area (Å²) in [5.41, 5.74) is 2.82. The predicted octanol–water partition coefficient (Wildman–Crippen LogP) is 4.36. The number of carbonyl (C=O) groups is 1. The van der Waals surface area contributed by atoms with Crippen molar-refractivity contribution in [1.82, 2.24) is 10.2 Å². The van der Waals surface area contributed by atoms with Crippen molar-refractivity contribution in [3.8, 4) is 0 Å². The van der Waals surface area contributed by atoms with Crippen molar-refractivity contribution >= 4 is 16.9 Å². The molecule has 3 aromatic rings. The molecule has 138 valence electrons. The molecule has 2 unspecified atom stereocenters. The van der Waals surface area contributed by atoms with Crippen LogP contribution in [0.1, 0.15) is 41.6 Å². The van der Waals surface area contributed by atoms with Crippen LogP contribution in [0.2, 0.25) is 0 Å². The van der Waals surface area contributed by atoms with Crippen LogP contribution >= 0.6 is 0 Å². The SMILES string of the molecule is O=C(NC1CC2CCC(C1)N2Cc1ccccc1)c1ccc2ccoc2c1. The molecule has 0 radical (unpaired) electrons. The van der Waals surface area contributed by atoms with Gasteiger partial charge in [-0.3, -0.25) is 9.69 Å². The molecule has 4 heteroatoms. The van der Waals surface area contributed by atoms with Gasteiger partial charge in [0.15, 0.2) is 0 Å². The van der Waals surface area contributed by atoms with Crippen molar-refractivity contribution in [2.24, 2.45) is 0 Å². The van der Waals surface area contributed by atoms with E-state index < -0.39 is 0 Å². The van der Waals surface area contributed by atoms with Crippen LogP contribution in [0.3, 0.4) is 0 Å². The number of benzene rings is 2. The third kappa shape index (κ3) is 3.26. The van der Waals surface area contributed by atoms with Gasteiger partial charge in [0.05, 0.1) is 6.26 Å². The summed E-state index contributed by atoms with van der Waals surface area (Å²) in [6.45, 7) is 1.02. The minimum absolute atomic E-state index is 0.00853. The van der Waals surface area contributed by atoms with Crippen LogP contribution in [0.4, 0.5) is 0 Å². The molecule has 2 atom stereocenters. The quantitative estimate of drug-likeness (QED) is 0.752. The minimum Gasteiger partial charge on any atom is -0.464 e. The minimum atomic E-state index is 0.00853. The molecular formula is C23H24N2O2. The molecule has 0 aliphatic carbocycles. The van der Waals surface area contributed by atoms with Crippen molar-refractivity contribution in [2.75, 3.05) is 0 Å². The Labute approximate surface area is 159 Å². The van der Waals surface area contributed by atoms with Crippen LogP contribution in [-0.2, 0) is 6.54 Å². The maximum Gasteiger partial charge on any atom is 0.251 e. The lowest BCUT2D eigenvalue weighted by Gasteiger charge is -2.39. The molecule has 2 fully saturated rings. The van der Waals surface area contributed by atoms with Crippen molar-refractivity contribution in [1.29, 1.82) is 0 Å². The van der Waals surface area contributed by atoms with E-state index >= 15 is 0 Å². The number of amides is 1. The Balaban J connectivity index is 1.25. The number of furan rings is 1. The average Bonchev–Trinajstić information content (AvgIpc) is 3.24. The van der Waals surface area contributed by atoms with Gasteiger partial charge in [-0.05, 0) is 49.4 Å². The van der Waals surface area contributed by atoms with Gasteiger partial charge in [0.2, 0.25) is 0 Å². The molecule has 2 bridgehead atoms. The number of piperidine rings is 1. The fourth-order valence-electron chi connectivity index (χ4n) is 4.81. The molecule has 1 amide bonds. The Morgan fingerprint density at radius 2 is 1.81 bits per heavy atom. The monoisotopic (exact) mass is 360 g/mol. The molecule has 5 rings (SSSR count). The summed E-state index contributed by atoms with van der Waals surface area (Å²) in [7, 11) is 0. The summed E-state index contributed by atoms with van der Waals surface area (Å²) in [5.74, 6) is 0.00853. The fraction of sp³-hybridized carbons (Fsp3) is 0.348. The van der Waals surface area contributed by atoms with Gasteiger partial charge in [0, 0.05) is 35.6 Å². The highest BCUT2D eigenvalue weighted by Crippen LogP contribution is 2.37. The van der Waals surface area contributed by atoms with Crippen molar-refractivity contribution < 1.29 is 9.21 Å². The van der Waals surface area contributed by atoms with Gasteiger partial charge < -0.3 is 9.73 Å². The first-order valence-corrected chi connectivity index (χ1v) is 9.84. The predicted molar refractivity (Wildman–Crippen MR) is 105 cm³/mol. The molecule has 1 N–H and O–H groups in total. The topological polar surface area (TPSA) is 45.5 Å². The van der Waals surface area contributed by atoms with Crippen molar-refractivity contribution in [3.05, 3.63) is 72.0 Å². The summed E-state index contributed by atoms with van der Waals surface area (Å²) in [5, 5.41) is 4.30. The largest absolute Gasteiger partial charge is 0.464 e. The standard InChI is InChI=1S/C23H24N2O2/c26-23(18-7-6-17-10-11-27-22(17)12-18)24-19-13-20-8-9-21(14-19)25(20)15-16-4-2-1-3-5-16/h1-7,10-12,19-21H,8-9,13-15H2,(H,24,26). The summed E-state index contributed by atoms with van der Waals surface area (Å²) < 4.78 is 5.43. The number of hydrogen-bond donors (Lipinski definition) is 1. The molecule has 2 aliphatic heterocycles. The third-order valence-corrected chi connectivity index (χ3v) is 6.15. The molecule has 1 aromatic heterocycles. The summed E-state index contributed by atoms with van der Waals surface area (Å²) in [4.78, 5) is 15.4. The van der Waals surface area contributed by atoms with E-state index in [9.17, 15) is 4.79 Å². The maximum absolute atomic E-state index is 12.7. The van der Waals surface area contributed by atoms with E-state index in [1.54, 1.807) is 6.26 Å². The van der Waals surface area contributed by atoms with Gasteiger partial charge in [0.25, 0.3) is 5.91 Å². The first-order chi connectivity index (χ1) is 13.3. The summed E-state index contributed by atoms with van der Waals surface area (Å²) >= 11 is 0. The number of hydrogen-bond acceptors (Lipinski definition) is 3. The second-order valence-electron chi connectivity index (χ2n) is 7.86. The zero-order valence-electron chi connectivity index (χ0n) is 15.3. The second-order valence-corrected chi connectivity index (χ2v) is 7.86. The summed E-state index contributed by atoms with van der Waals surface area (Å²) in [6.07, 6.45) is 6.22. The van der Waals surface area contributed by atoms with Gasteiger partial charge in [-0.25, -0.2) is 0 Å². The van der Waals surface area contributed by atoms with E-state index in [0.717, 1.165) is 30.4 Å². The first kappa shape index (κ1) is 16.6. The molecule has 2 aromatic carbocycles.